The van der Waals surface area contributed by atoms with E-state index in [1.807, 2.05) is 0 Å². The Morgan fingerprint density at radius 1 is 1.43 bits per heavy atom. The molecule has 0 heterocycles. The third-order valence-corrected chi connectivity index (χ3v) is 2.22. The molecule has 0 aliphatic rings. The van der Waals surface area contributed by atoms with Crippen molar-refractivity contribution in [2.45, 2.75) is 13.3 Å². The number of ether oxygens (including phenoxy) is 1. The molecule has 0 spiro atoms. The lowest BCUT2D eigenvalue weighted by Gasteiger charge is -2.06. The van der Waals surface area contributed by atoms with E-state index in [1.54, 1.807) is 25.1 Å². The molecule has 1 aromatic carbocycles. The summed E-state index contributed by atoms with van der Waals surface area (Å²) in [5, 5.41) is 0.992. The fourth-order valence-corrected chi connectivity index (χ4v) is 1.18. The summed E-state index contributed by atoms with van der Waals surface area (Å²) in [7, 11) is 0. The summed E-state index contributed by atoms with van der Waals surface area (Å²) in [6.07, 6.45) is 0.457. The molecule has 0 amide bonds. The van der Waals surface area contributed by atoms with Crippen molar-refractivity contribution in [3.05, 3.63) is 28.2 Å². The fraction of sp³-hybridized carbons (Fsp3) is 0.300. The largest absolute Gasteiger partial charge is 0.484 e. The van der Waals surface area contributed by atoms with Gasteiger partial charge in [-0.25, -0.2) is 0 Å². The highest BCUT2D eigenvalue weighted by Crippen LogP contribution is 2.27. The molecule has 0 bridgehead atoms. The molecule has 4 heteroatoms. The number of carbonyl (C=O) groups is 1. The van der Waals surface area contributed by atoms with E-state index in [0.717, 1.165) is 0 Å². The fourth-order valence-electron chi connectivity index (χ4n) is 0.848. The maximum Gasteiger partial charge on any atom is 0.169 e. The lowest BCUT2D eigenvalue weighted by atomic mass is 10.3. The Morgan fingerprint density at radius 2 is 2.14 bits per heavy atom. The van der Waals surface area contributed by atoms with Gasteiger partial charge in [-0.05, 0) is 12.1 Å². The average molecular weight is 233 g/mol. The van der Waals surface area contributed by atoms with Gasteiger partial charge < -0.3 is 4.74 Å². The topological polar surface area (TPSA) is 26.3 Å². The highest BCUT2D eigenvalue weighted by molar-refractivity contribution is 6.34. The molecule has 2 nitrogen and oxygen atoms in total. The highest BCUT2D eigenvalue weighted by atomic mass is 35.5. The quantitative estimate of drug-likeness (QED) is 0.796. The van der Waals surface area contributed by atoms with Crippen molar-refractivity contribution in [3.8, 4) is 5.75 Å². The molecule has 0 unspecified atom stereocenters. The second kappa shape index (κ2) is 5.23. The Labute approximate surface area is 92.8 Å². The highest BCUT2D eigenvalue weighted by Gasteiger charge is 2.04. The van der Waals surface area contributed by atoms with Crippen LogP contribution in [0.1, 0.15) is 13.3 Å². The molecular weight excluding hydrogens is 223 g/mol. The van der Waals surface area contributed by atoms with Crippen LogP contribution < -0.4 is 4.74 Å². The number of carbonyl (C=O) groups excluding carboxylic acids is 1. The summed E-state index contributed by atoms with van der Waals surface area (Å²) in [4.78, 5) is 11.0. The van der Waals surface area contributed by atoms with Crippen LogP contribution >= 0.6 is 23.2 Å². The number of benzene rings is 1. The average Bonchev–Trinajstić information content (AvgIpc) is 2.19. The van der Waals surface area contributed by atoms with Crippen LogP contribution in [0, 0.1) is 0 Å². The number of hydrogen-bond donors (Lipinski definition) is 0. The van der Waals surface area contributed by atoms with Crippen LogP contribution in [-0.2, 0) is 4.79 Å². The minimum absolute atomic E-state index is 0.0287. The standard InChI is InChI=1S/C10H10Cl2O2/c1-2-8(13)6-14-10-5-7(11)3-4-9(10)12/h3-5H,2,6H2,1H3. The Bertz CT molecular complexity index is 337. The molecule has 0 radical (unpaired) electrons. The van der Waals surface area contributed by atoms with Crippen molar-refractivity contribution in [1.82, 2.24) is 0 Å². The van der Waals surface area contributed by atoms with E-state index in [1.165, 1.54) is 0 Å². The third kappa shape index (κ3) is 3.20. The maximum atomic E-state index is 11.0. The third-order valence-electron chi connectivity index (χ3n) is 1.68. The Hall–Kier alpha value is -0.730. The zero-order valence-corrected chi connectivity index (χ0v) is 9.23. The van der Waals surface area contributed by atoms with Crippen molar-refractivity contribution in [3.63, 3.8) is 0 Å². The lowest BCUT2D eigenvalue weighted by molar-refractivity contribution is -0.120. The minimum Gasteiger partial charge on any atom is -0.484 e. The van der Waals surface area contributed by atoms with Gasteiger partial charge in [-0.3, -0.25) is 4.79 Å². The molecule has 1 aromatic rings. The van der Waals surface area contributed by atoms with Crippen LogP contribution in [0.4, 0.5) is 0 Å². The zero-order valence-electron chi connectivity index (χ0n) is 7.72. The Morgan fingerprint density at radius 3 is 2.79 bits per heavy atom. The summed E-state index contributed by atoms with van der Waals surface area (Å²) in [6, 6.07) is 4.89. The predicted molar refractivity (Wildman–Crippen MR) is 57.3 cm³/mol. The second-order valence-electron chi connectivity index (χ2n) is 2.76. The van der Waals surface area contributed by atoms with E-state index in [-0.39, 0.29) is 12.4 Å². The van der Waals surface area contributed by atoms with E-state index in [2.05, 4.69) is 0 Å². The first kappa shape index (κ1) is 11.3. The number of ketones is 1. The van der Waals surface area contributed by atoms with Crippen molar-refractivity contribution in [2.24, 2.45) is 0 Å². The molecule has 76 valence electrons. The smallest absolute Gasteiger partial charge is 0.169 e. The number of rotatable bonds is 4. The van der Waals surface area contributed by atoms with Gasteiger partial charge in [-0.2, -0.15) is 0 Å². The van der Waals surface area contributed by atoms with Crippen molar-refractivity contribution < 1.29 is 9.53 Å². The monoisotopic (exact) mass is 232 g/mol. The molecule has 0 atom stereocenters. The lowest BCUT2D eigenvalue weighted by Crippen LogP contribution is -2.09. The van der Waals surface area contributed by atoms with Gasteiger partial charge in [0.1, 0.15) is 12.4 Å². The van der Waals surface area contributed by atoms with Crippen molar-refractivity contribution >= 4 is 29.0 Å². The first-order valence-corrected chi connectivity index (χ1v) is 4.98. The van der Waals surface area contributed by atoms with Gasteiger partial charge in [0.05, 0.1) is 5.02 Å². The molecular formula is C10H10Cl2O2. The van der Waals surface area contributed by atoms with Crippen LogP contribution in [-0.4, -0.2) is 12.4 Å². The van der Waals surface area contributed by atoms with Crippen LogP contribution in [0.2, 0.25) is 10.0 Å². The first-order chi connectivity index (χ1) is 6.63. The minimum atomic E-state index is 0.0287. The summed E-state index contributed by atoms with van der Waals surface area (Å²) >= 11 is 11.6. The first-order valence-electron chi connectivity index (χ1n) is 4.23. The number of halogens is 2. The van der Waals surface area contributed by atoms with Crippen LogP contribution in [0.3, 0.4) is 0 Å². The summed E-state index contributed by atoms with van der Waals surface area (Å²) in [5.41, 5.74) is 0. The maximum absolute atomic E-state index is 11.0. The van der Waals surface area contributed by atoms with Gasteiger partial charge >= 0.3 is 0 Å². The van der Waals surface area contributed by atoms with Crippen LogP contribution in [0.15, 0.2) is 18.2 Å². The van der Waals surface area contributed by atoms with Crippen molar-refractivity contribution in [2.75, 3.05) is 6.61 Å². The van der Waals surface area contributed by atoms with Crippen LogP contribution in [0.5, 0.6) is 5.75 Å². The number of Topliss-reactive ketones (excluding diaryl/α,β-unsaturated/α-hetero) is 1. The van der Waals surface area contributed by atoms with Gasteiger partial charge in [0, 0.05) is 17.5 Å². The Balaban J connectivity index is 2.66. The van der Waals surface area contributed by atoms with E-state index in [9.17, 15) is 4.79 Å². The molecule has 0 N–H and O–H groups in total. The second-order valence-corrected chi connectivity index (χ2v) is 3.60. The van der Waals surface area contributed by atoms with Gasteiger partial charge in [0.25, 0.3) is 0 Å². The Kier molecular flexibility index (Phi) is 4.23. The van der Waals surface area contributed by atoms with E-state index < -0.39 is 0 Å². The van der Waals surface area contributed by atoms with Gasteiger partial charge in [0.2, 0.25) is 0 Å². The van der Waals surface area contributed by atoms with Crippen LogP contribution in [0.25, 0.3) is 0 Å². The predicted octanol–water partition coefficient (Wildman–Crippen LogP) is 3.35. The van der Waals surface area contributed by atoms with E-state index in [4.69, 9.17) is 27.9 Å². The molecule has 0 aliphatic heterocycles. The molecule has 0 saturated carbocycles. The zero-order chi connectivity index (χ0) is 10.6. The summed E-state index contributed by atoms with van der Waals surface area (Å²) < 4.78 is 5.20. The molecule has 0 aliphatic carbocycles. The van der Waals surface area contributed by atoms with Gasteiger partial charge in [0.15, 0.2) is 5.78 Å². The molecule has 0 fully saturated rings. The van der Waals surface area contributed by atoms with E-state index >= 15 is 0 Å². The molecule has 0 aromatic heterocycles. The molecule has 0 saturated heterocycles. The molecule has 1 rings (SSSR count). The normalized spacial score (nSPS) is 9.93. The molecule has 14 heavy (non-hydrogen) atoms. The van der Waals surface area contributed by atoms with E-state index in [0.29, 0.717) is 22.2 Å². The summed E-state index contributed by atoms with van der Waals surface area (Å²) in [5.74, 6) is 0.474. The number of hydrogen-bond acceptors (Lipinski definition) is 2. The van der Waals surface area contributed by atoms with Gasteiger partial charge in [-0.15, -0.1) is 0 Å². The van der Waals surface area contributed by atoms with Crippen molar-refractivity contribution in [1.29, 1.82) is 0 Å². The van der Waals surface area contributed by atoms with Gasteiger partial charge in [-0.1, -0.05) is 30.1 Å². The summed E-state index contributed by atoms with van der Waals surface area (Å²) in [6.45, 7) is 1.82. The SMILES string of the molecule is CCC(=O)COc1cc(Cl)ccc1Cl.